The van der Waals surface area contributed by atoms with E-state index in [4.69, 9.17) is 9.47 Å². The molecule has 0 unspecified atom stereocenters. The minimum Gasteiger partial charge on any atom is -0.461 e. The van der Waals surface area contributed by atoms with Crippen LogP contribution >= 0.6 is 0 Å². The van der Waals surface area contributed by atoms with Crippen LogP contribution in [0.1, 0.15) is 112 Å². The monoisotopic (exact) mass is 576 g/mol. The molecule has 1 fully saturated rings. The SMILES string of the molecule is CCCCCCCCCC(=O)O[C@@H]1[C@@H]2C=C(COC(=O)CCC)[C@@H](O)[C@]3(O)[C@@H](O)C(C)=C[C@@]3(C2=O)[C@H](C)CC1(C)C. The maximum Gasteiger partial charge on any atom is 0.306 e. The summed E-state index contributed by atoms with van der Waals surface area (Å²) in [6.07, 6.45) is 7.97. The number of fused-ring (bicyclic) bond motifs is 1. The molecule has 3 rings (SSSR count). The zero-order valence-corrected chi connectivity index (χ0v) is 25.9. The summed E-state index contributed by atoms with van der Waals surface area (Å²) >= 11 is 0. The van der Waals surface area contributed by atoms with Crippen LogP contribution in [-0.4, -0.2) is 63.6 Å². The van der Waals surface area contributed by atoms with Crippen molar-refractivity contribution in [1.29, 1.82) is 0 Å². The molecule has 3 aliphatic rings. The van der Waals surface area contributed by atoms with Crippen LogP contribution in [0.2, 0.25) is 0 Å². The second-order valence-electron chi connectivity index (χ2n) is 13.3. The number of rotatable bonds is 13. The minimum absolute atomic E-state index is 0.123. The number of ketones is 1. The Kier molecular flexibility index (Phi) is 11.0. The van der Waals surface area contributed by atoms with Gasteiger partial charge in [-0.05, 0) is 43.3 Å². The Morgan fingerprint density at radius 1 is 0.951 bits per heavy atom. The van der Waals surface area contributed by atoms with Crippen LogP contribution in [0.4, 0.5) is 0 Å². The number of hydrogen-bond donors (Lipinski definition) is 3. The van der Waals surface area contributed by atoms with Crippen molar-refractivity contribution >= 4 is 17.7 Å². The number of carbonyl (C=O) groups excluding carboxylic acids is 3. The summed E-state index contributed by atoms with van der Waals surface area (Å²) in [7, 11) is 0. The van der Waals surface area contributed by atoms with E-state index in [1.165, 1.54) is 25.3 Å². The number of carbonyl (C=O) groups is 3. The van der Waals surface area contributed by atoms with Crippen molar-refractivity contribution in [2.45, 2.75) is 136 Å². The molecule has 0 aliphatic heterocycles. The van der Waals surface area contributed by atoms with Gasteiger partial charge in [0.05, 0.1) is 11.3 Å². The van der Waals surface area contributed by atoms with Crippen LogP contribution in [-0.2, 0) is 23.9 Å². The molecule has 41 heavy (non-hydrogen) atoms. The van der Waals surface area contributed by atoms with Crippen molar-refractivity contribution in [2.24, 2.45) is 22.7 Å². The largest absolute Gasteiger partial charge is 0.461 e. The summed E-state index contributed by atoms with van der Waals surface area (Å²) in [6.45, 7) is 11.0. The summed E-state index contributed by atoms with van der Waals surface area (Å²) in [5, 5.41) is 35.1. The second-order valence-corrected chi connectivity index (χ2v) is 13.3. The maximum absolute atomic E-state index is 14.6. The smallest absolute Gasteiger partial charge is 0.306 e. The number of aliphatic hydroxyl groups is 3. The van der Waals surface area contributed by atoms with Crippen molar-refractivity contribution < 1.29 is 39.2 Å². The van der Waals surface area contributed by atoms with E-state index < -0.39 is 58.3 Å². The lowest BCUT2D eigenvalue weighted by atomic mass is 9.59. The highest BCUT2D eigenvalue weighted by molar-refractivity contribution is 5.95. The molecule has 0 radical (unpaired) electrons. The number of aliphatic hydroxyl groups excluding tert-OH is 2. The molecule has 1 spiro atoms. The van der Waals surface area contributed by atoms with Gasteiger partial charge in [-0.25, -0.2) is 0 Å². The predicted molar refractivity (Wildman–Crippen MR) is 156 cm³/mol. The number of esters is 2. The Morgan fingerprint density at radius 2 is 1.59 bits per heavy atom. The van der Waals surface area contributed by atoms with Crippen molar-refractivity contribution in [1.82, 2.24) is 0 Å². The first kappa shape index (κ1) is 33.5. The first-order valence-electron chi connectivity index (χ1n) is 15.7. The van der Waals surface area contributed by atoms with E-state index in [-0.39, 0.29) is 31.0 Å². The van der Waals surface area contributed by atoms with Gasteiger partial charge in [-0.2, -0.15) is 0 Å². The number of unbranched alkanes of at least 4 members (excludes halogenated alkanes) is 6. The van der Waals surface area contributed by atoms with E-state index in [1.54, 1.807) is 13.0 Å². The van der Waals surface area contributed by atoms with E-state index in [0.29, 0.717) is 24.8 Å². The average Bonchev–Trinajstić information content (AvgIpc) is 3.06. The van der Waals surface area contributed by atoms with Gasteiger partial charge in [0.2, 0.25) is 0 Å². The lowest BCUT2D eigenvalue weighted by molar-refractivity contribution is -0.190. The summed E-state index contributed by atoms with van der Waals surface area (Å²) in [4.78, 5) is 39.9. The molecule has 8 heteroatoms. The Bertz CT molecular complexity index is 1030. The maximum atomic E-state index is 14.6. The summed E-state index contributed by atoms with van der Waals surface area (Å²) in [5.41, 5.74) is -4.04. The summed E-state index contributed by atoms with van der Waals surface area (Å²) in [5.74, 6) is -2.76. The Hall–Kier alpha value is -2.03. The molecule has 3 aliphatic carbocycles. The first-order chi connectivity index (χ1) is 19.3. The molecule has 0 amide bonds. The number of ether oxygens (including phenoxy) is 2. The zero-order chi connectivity index (χ0) is 30.6. The average molecular weight is 577 g/mol. The second kappa shape index (κ2) is 13.5. The highest BCUT2D eigenvalue weighted by Gasteiger charge is 2.72. The fraction of sp³-hybridized carbons (Fsp3) is 0.788. The normalized spacial score (nSPS) is 34.2. The molecule has 3 N–H and O–H groups in total. The molecule has 1 saturated carbocycles. The van der Waals surface area contributed by atoms with Crippen molar-refractivity contribution in [3.8, 4) is 0 Å². The highest BCUT2D eigenvalue weighted by atomic mass is 16.5. The Balaban J connectivity index is 1.96. The molecule has 0 aromatic rings. The van der Waals surface area contributed by atoms with E-state index >= 15 is 0 Å². The van der Waals surface area contributed by atoms with Crippen molar-refractivity contribution in [2.75, 3.05) is 6.61 Å². The van der Waals surface area contributed by atoms with Crippen LogP contribution < -0.4 is 0 Å². The molecule has 2 bridgehead atoms. The summed E-state index contributed by atoms with van der Waals surface area (Å²) < 4.78 is 11.5. The van der Waals surface area contributed by atoms with E-state index in [1.807, 2.05) is 27.7 Å². The number of Topliss-reactive ketones (excluding diaryl/α,β-unsaturated/α-hetero) is 1. The van der Waals surface area contributed by atoms with Gasteiger partial charge in [-0.3, -0.25) is 14.4 Å². The van der Waals surface area contributed by atoms with E-state index in [2.05, 4.69) is 6.92 Å². The highest BCUT2D eigenvalue weighted by Crippen LogP contribution is 2.61. The van der Waals surface area contributed by atoms with Crippen LogP contribution in [0.25, 0.3) is 0 Å². The third-order valence-corrected chi connectivity index (χ3v) is 9.64. The van der Waals surface area contributed by atoms with Gasteiger partial charge in [-0.1, -0.05) is 85.3 Å². The van der Waals surface area contributed by atoms with Crippen LogP contribution in [0.15, 0.2) is 23.3 Å². The fourth-order valence-corrected chi connectivity index (χ4v) is 7.51. The van der Waals surface area contributed by atoms with Crippen molar-refractivity contribution in [3.63, 3.8) is 0 Å². The van der Waals surface area contributed by atoms with Gasteiger partial charge in [0.1, 0.15) is 30.5 Å². The standard InChI is InChI=1S/C33H52O8/c1-7-9-10-11-12-13-14-16-26(35)41-30-24-17-23(20-40-25(34)15-8-2)28(37)33(39)27(36)21(3)18-32(33,29(24)38)22(4)19-31(30,5)6/h17-18,22,24,27-28,30,36-37,39H,7-16,19-20H2,1-6H3/t22-,24-,27+,28-,30-,32+,33-/m1/s1. The predicted octanol–water partition coefficient (Wildman–Crippen LogP) is 4.97. The van der Waals surface area contributed by atoms with Crippen LogP contribution in [0, 0.1) is 22.7 Å². The number of hydrogen-bond acceptors (Lipinski definition) is 8. The Labute approximate surface area is 245 Å². The molecular weight excluding hydrogens is 524 g/mol. The third kappa shape index (κ3) is 6.35. The van der Waals surface area contributed by atoms with Gasteiger partial charge in [0, 0.05) is 18.3 Å². The Morgan fingerprint density at radius 3 is 2.22 bits per heavy atom. The molecular formula is C33H52O8. The van der Waals surface area contributed by atoms with Gasteiger partial charge in [0.25, 0.3) is 0 Å². The topological polar surface area (TPSA) is 130 Å². The molecule has 0 heterocycles. The first-order valence-corrected chi connectivity index (χ1v) is 15.7. The minimum atomic E-state index is -2.27. The van der Waals surface area contributed by atoms with Crippen LogP contribution in [0.3, 0.4) is 0 Å². The zero-order valence-electron chi connectivity index (χ0n) is 25.9. The van der Waals surface area contributed by atoms with Crippen LogP contribution in [0.5, 0.6) is 0 Å². The van der Waals surface area contributed by atoms with Crippen molar-refractivity contribution in [3.05, 3.63) is 23.3 Å². The molecule has 232 valence electrons. The van der Waals surface area contributed by atoms with Gasteiger partial charge < -0.3 is 24.8 Å². The van der Waals surface area contributed by atoms with Gasteiger partial charge in [0.15, 0.2) is 5.78 Å². The lowest BCUT2D eigenvalue weighted by Crippen LogP contribution is -2.65. The molecule has 8 nitrogen and oxygen atoms in total. The molecule has 0 saturated heterocycles. The lowest BCUT2D eigenvalue weighted by Gasteiger charge is -2.48. The van der Waals surface area contributed by atoms with Gasteiger partial charge in [-0.15, -0.1) is 0 Å². The molecule has 0 aromatic carbocycles. The quantitative estimate of drug-likeness (QED) is 0.159. The molecule has 7 atom stereocenters. The third-order valence-electron chi connectivity index (χ3n) is 9.64. The van der Waals surface area contributed by atoms with Gasteiger partial charge >= 0.3 is 11.9 Å². The van der Waals surface area contributed by atoms with E-state index in [0.717, 1.165) is 19.3 Å². The molecule has 0 aromatic heterocycles. The van der Waals surface area contributed by atoms with E-state index in [9.17, 15) is 29.7 Å². The fourth-order valence-electron chi connectivity index (χ4n) is 7.51. The summed E-state index contributed by atoms with van der Waals surface area (Å²) in [6, 6.07) is 0.